The highest BCUT2D eigenvalue weighted by Gasteiger charge is 2.15. The first-order valence-corrected chi connectivity index (χ1v) is 9.71. The van der Waals surface area contributed by atoms with Crippen molar-refractivity contribution in [3.63, 3.8) is 0 Å². The van der Waals surface area contributed by atoms with Crippen molar-refractivity contribution < 1.29 is 23.3 Å². The zero-order chi connectivity index (χ0) is 20.1. The van der Waals surface area contributed by atoms with Gasteiger partial charge in [-0.05, 0) is 73.0 Å². The number of halogens is 1. The quantitative estimate of drug-likeness (QED) is 0.499. The van der Waals surface area contributed by atoms with E-state index in [1.54, 1.807) is 19.2 Å². The third-order valence-electron chi connectivity index (χ3n) is 4.80. The van der Waals surface area contributed by atoms with Gasteiger partial charge in [0.05, 0.1) is 13.7 Å². The van der Waals surface area contributed by atoms with Gasteiger partial charge in [-0.25, -0.2) is 4.39 Å². The average molecular weight is 394 g/mol. The van der Waals surface area contributed by atoms with Crippen LogP contribution in [0.25, 0.3) is 11.1 Å². The maximum Gasteiger partial charge on any atom is 0.199 e. The third kappa shape index (κ3) is 4.87. The highest BCUT2D eigenvalue weighted by Crippen LogP contribution is 2.36. The molecule has 4 nitrogen and oxygen atoms in total. The normalized spacial score (nSPS) is 16.3. The lowest BCUT2D eigenvalue weighted by molar-refractivity contribution is -0.105. The summed E-state index contributed by atoms with van der Waals surface area (Å²) in [5, 5.41) is 0. The predicted octanol–water partition coefficient (Wildman–Crippen LogP) is 6.20. The average Bonchev–Trinajstić information content (AvgIpc) is 2.77. The fourth-order valence-electron chi connectivity index (χ4n) is 3.25. The molecule has 1 heterocycles. The van der Waals surface area contributed by atoms with Gasteiger partial charge in [-0.1, -0.05) is 12.1 Å². The van der Waals surface area contributed by atoms with E-state index in [4.69, 9.17) is 18.9 Å². The van der Waals surface area contributed by atoms with Crippen LogP contribution in [0.3, 0.4) is 0 Å². The first-order chi connectivity index (χ1) is 14.2. The molecule has 0 spiro atoms. The summed E-state index contributed by atoms with van der Waals surface area (Å²) in [6.45, 7) is 0.746. The number of rotatable bonds is 6. The van der Waals surface area contributed by atoms with Crippen LogP contribution in [0, 0.1) is 5.82 Å². The van der Waals surface area contributed by atoms with Crippen molar-refractivity contribution in [3.05, 3.63) is 72.5 Å². The monoisotopic (exact) mass is 394 g/mol. The van der Waals surface area contributed by atoms with E-state index >= 15 is 0 Å². The maximum absolute atomic E-state index is 13.3. The molecule has 3 aromatic rings. The van der Waals surface area contributed by atoms with Crippen LogP contribution in [0.15, 0.2) is 66.7 Å². The van der Waals surface area contributed by atoms with Crippen molar-refractivity contribution >= 4 is 0 Å². The lowest BCUT2D eigenvalue weighted by atomic mass is 10.0. The largest absolute Gasteiger partial charge is 0.497 e. The van der Waals surface area contributed by atoms with Crippen molar-refractivity contribution in [3.8, 4) is 34.1 Å². The molecule has 29 heavy (non-hydrogen) atoms. The summed E-state index contributed by atoms with van der Waals surface area (Å²) < 4.78 is 36.2. The smallest absolute Gasteiger partial charge is 0.199 e. The summed E-state index contributed by atoms with van der Waals surface area (Å²) in [4.78, 5) is 0. The van der Waals surface area contributed by atoms with Gasteiger partial charge in [0.25, 0.3) is 0 Å². The Morgan fingerprint density at radius 1 is 0.862 bits per heavy atom. The first kappa shape index (κ1) is 19.3. The van der Waals surface area contributed by atoms with Crippen LogP contribution in [0.5, 0.6) is 23.0 Å². The molecule has 1 unspecified atom stereocenters. The zero-order valence-electron chi connectivity index (χ0n) is 16.3. The van der Waals surface area contributed by atoms with Crippen molar-refractivity contribution in [1.29, 1.82) is 0 Å². The Bertz CT molecular complexity index is 932. The van der Waals surface area contributed by atoms with E-state index in [2.05, 4.69) is 0 Å². The Morgan fingerprint density at radius 3 is 2.28 bits per heavy atom. The summed E-state index contributed by atoms with van der Waals surface area (Å²) in [6, 6.07) is 19.3. The molecule has 5 heteroatoms. The minimum absolute atomic E-state index is 0.179. The molecule has 0 amide bonds. The molecule has 0 aromatic heterocycles. The number of methoxy groups -OCH3 is 1. The number of hydrogen-bond acceptors (Lipinski definition) is 4. The topological polar surface area (TPSA) is 36.9 Å². The number of benzene rings is 3. The Balaban J connectivity index is 1.53. The summed E-state index contributed by atoms with van der Waals surface area (Å²) in [5.74, 6) is 2.50. The van der Waals surface area contributed by atoms with E-state index in [0.717, 1.165) is 42.7 Å². The second-order valence-electron chi connectivity index (χ2n) is 6.86. The van der Waals surface area contributed by atoms with Gasteiger partial charge < -0.3 is 18.9 Å². The van der Waals surface area contributed by atoms with Crippen LogP contribution in [0.2, 0.25) is 0 Å². The van der Waals surface area contributed by atoms with E-state index in [0.29, 0.717) is 17.2 Å². The molecule has 1 fully saturated rings. The molecule has 1 aliphatic rings. The van der Waals surface area contributed by atoms with Gasteiger partial charge in [0.15, 0.2) is 6.29 Å². The van der Waals surface area contributed by atoms with Crippen LogP contribution in [-0.2, 0) is 4.74 Å². The molecule has 3 aromatic carbocycles. The molecule has 150 valence electrons. The van der Waals surface area contributed by atoms with E-state index < -0.39 is 0 Å². The highest BCUT2D eigenvalue weighted by atomic mass is 19.1. The molecule has 0 bridgehead atoms. The van der Waals surface area contributed by atoms with Crippen LogP contribution in [0.1, 0.15) is 19.3 Å². The summed E-state index contributed by atoms with van der Waals surface area (Å²) in [6.07, 6.45) is 2.94. The van der Waals surface area contributed by atoms with Gasteiger partial charge in [0.2, 0.25) is 0 Å². The molecule has 4 rings (SSSR count). The Morgan fingerprint density at radius 2 is 1.59 bits per heavy atom. The molecule has 0 N–H and O–H groups in total. The molecule has 1 atom stereocenters. The van der Waals surface area contributed by atoms with E-state index in [1.807, 2.05) is 42.5 Å². The minimum Gasteiger partial charge on any atom is -0.497 e. The van der Waals surface area contributed by atoms with Crippen molar-refractivity contribution in [2.45, 2.75) is 25.6 Å². The molecular formula is C24H23FO4. The SMILES string of the molecule is COc1ccc(Oc2ccc(OC3CCCCO3)cc2)c(-c2ccc(F)cc2)c1. The van der Waals surface area contributed by atoms with Crippen molar-refractivity contribution in [2.75, 3.05) is 13.7 Å². The van der Waals surface area contributed by atoms with Gasteiger partial charge in [-0.15, -0.1) is 0 Å². The lowest BCUT2D eigenvalue weighted by Crippen LogP contribution is -2.24. The molecular weight excluding hydrogens is 371 g/mol. The minimum atomic E-state index is -0.281. The molecule has 0 saturated carbocycles. The lowest BCUT2D eigenvalue weighted by Gasteiger charge is -2.23. The van der Waals surface area contributed by atoms with Crippen LogP contribution < -0.4 is 14.2 Å². The van der Waals surface area contributed by atoms with Crippen molar-refractivity contribution in [1.82, 2.24) is 0 Å². The maximum atomic E-state index is 13.3. The van der Waals surface area contributed by atoms with Gasteiger partial charge in [0, 0.05) is 12.0 Å². The van der Waals surface area contributed by atoms with E-state index in [-0.39, 0.29) is 12.1 Å². The fourth-order valence-corrected chi connectivity index (χ4v) is 3.25. The number of hydrogen-bond donors (Lipinski definition) is 0. The second kappa shape index (κ2) is 8.97. The first-order valence-electron chi connectivity index (χ1n) is 9.71. The van der Waals surface area contributed by atoms with E-state index in [9.17, 15) is 4.39 Å². The standard InChI is InChI=1S/C24H23FO4/c1-26-21-13-14-23(22(16-21)17-5-7-18(25)8-6-17)28-19-9-11-20(12-10-19)29-24-4-2-3-15-27-24/h5-14,16,24H,2-4,15H2,1H3. The molecule has 1 aliphatic heterocycles. The van der Waals surface area contributed by atoms with Crippen LogP contribution in [-0.4, -0.2) is 20.0 Å². The van der Waals surface area contributed by atoms with Gasteiger partial charge in [0.1, 0.15) is 28.8 Å². The Hall–Kier alpha value is -3.05. The van der Waals surface area contributed by atoms with Gasteiger partial charge >= 0.3 is 0 Å². The van der Waals surface area contributed by atoms with Gasteiger partial charge in [-0.3, -0.25) is 0 Å². The summed E-state index contributed by atoms with van der Waals surface area (Å²) >= 11 is 0. The molecule has 0 radical (unpaired) electrons. The zero-order valence-corrected chi connectivity index (χ0v) is 16.3. The summed E-state index contributed by atoms with van der Waals surface area (Å²) in [5.41, 5.74) is 1.66. The van der Waals surface area contributed by atoms with E-state index in [1.165, 1.54) is 12.1 Å². The fraction of sp³-hybridized carbons (Fsp3) is 0.250. The van der Waals surface area contributed by atoms with Gasteiger partial charge in [-0.2, -0.15) is 0 Å². The summed E-state index contributed by atoms with van der Waals surface area (Å²) in [7, 11) is 1.61. The van der Waals surface area contributed by atoms with Crippen LogP contribution in [0.4, 0.5) is 4.39 Å². The number of ether oxygens (including phenoxy) is 4. The van der Waals surface area contributed by atoms with Crippen molar-refractivity contribution in [2.24, 2.45) is 0 Å². The molecule has 0 aliphatic carbocycles. The molecule has 1 saturated heterocycles. The second-order valence-corrected chi connectivity index (χ2v) is 6.86. The van der Waals surface area contributed by atoms with Crippen LogP contribution >= 0.6 is 0 Å². The third-order valence-corrected chi connectivity index (χ3v) is 4.80. The highest BCUT2D eigenvalue weighted by molar-refractivity contribution is 5.72. The Kier molecular flexibility index (Phi) is 5.96. The Labute approximate surface area is 169 Å². The predicted molar refractivity (Wildman–Crippen MR) is 109 cm³/mol.